The van der Waals surface area contributed by atoms with Gasteiger partial charge in [0.15, 0.2) is 5.89 Å². The highest BCUT2D eigenvalue weighted by Crippen LogP contribution is 2.17. The molecule has 76 valence electrons. The monoisotopic (exact) mass is 195 g/mol. The lowest BCUT2D eigenvalue weighted by molar-refractivity contribution is -0.120. The van der Waals surface area contributed by atoms with Gasteiger partial charge in [0.2, 0.25) is 5.91 Å². The molecule has 1 heterocycles. The number of aryl methyl sites for hydroxylation is 1. The van der Waals surface area contributed by atoms with E-state index in [2.05, 4.69) is 10.3 Å². The lowest BCUT2D eigenvalue weighted by Gasteiger charge is -2.00. The van der Waals surface area contributed by atoms with Gasteiger partial charge in [0.1, 0.15) is 6.26 Å². The molecule has 0 radical (unpaired) electrons. The minimum absolute atomic E-state index is 0.0451. The van der Waals surface area contributed by atoms with Gasteiger partial charge in [0.25, 0.3) is 0 Å². The molecule has 14 heavy (non-hydrogen) atoms. The Balaban J connectivity index is 1.82. The summed E-state index contributed by atoms with van der Waals surface area (Å²) >= 11 is 0. The standard InChI is InChI=1S/C9H13N3O2/c1-5-11-6(4-14-5)2-9(13)12-8-3-7(8)10/h4,7-8H,2-3,10H2,1H3,(H,12,13). The number of nitrogens with two attached hydrogens (primary N) is 1. The molecule has 1 amide bonds. The molecule has 1 aliphatic rings. The zero-order chi connectivity index (χ0) is 10.1. The van der Waals surface area contributed by atoms with E-state index in [1.807, 2.05) is 0 Å². The Bertz CT molecular complexity index is 348. The predicted molar refractivity (Wildman–Crippen MR) is 49.5 cm³/mol. The first kappa shape index (κ1) is 9.21. The van der Waals surface area contributed by atoms with Crippen LogP contribution < -0.4 is 11.1 Å². The van der Waals surface area contributed by atoms with Crippen molar-refractivity contribution in [1.82, 2.24) is 10.3 Å². The van der Waals surface area contributed by atoms with E-state index in [0.29, 0.717) is 11.6 Å². The number of rotatable bonds is 3. The molecule has 2 unspecified atom stereocenters. The average molecular weight is 195 g/mol. The first-order valence-corrected chi connectivity index (χ1v) is 4.61. The van der Waals surface area contributed by atoms with E-state index in [-0.39, 0.29) is 24.4 Å². The normalized spacial score (nSPS) is 24.7. The molecule has 1 aromatic heterocycles. The van der Waals surface area contributed by atoms with Gasteiger partial charge in [-0.1, -0.05) is 0 Å². The number of hydrogen-bond acceptors (Lipinski definition) is 4. The van der Waals surface area contributed by atoms with Crippen LogP contribution in [0, 0.1) is 6.92 Å². The maximum atomic E-state index is 11.4. The largest absolute Gasteiger partial charge is 0.449 e. The van der Waals surface area contributed by atoms with Crippen LogP contribution >= 0.6 is 0 Å². The van der Waals surface area contributed by atoms with Crippen LogP contribution in [0.3, 0.4) is 0 Å². The summed E-state index contributed by atoms with van der Waals surface area (Å²) in [6, 6.07) is 0.300. The Morgan fingerprint density at radius 3 is 3.07 bits per heavy atom. The molecule has 0 saturated heterocycles. The van der Waals surface area contributed by atoms with Gasteiger partial charge < -0.3 is 15.5 Å². The fraction of sp³-hybridized carbons (Fsp3) is 0.556. The topological polar surface area (TPSA) is 81.2 Å². The summed E-state index contributed by atoms with van der Waals surface area (Å²) in [4.78, 5) is 15.4. The Kier molecular flexibility index (Phi) is 2.25. The van der Waals surface area contributed by atoms with Crippen LogP contribution in [0.2, 0.25) is 0 Å². The van der Waals surface area contributed by atoms with Crippen molar-refractivity contribution in [3.63, 3.8) is 0 Å². The van der Waals surface area contributed by atoms with Crippen molar-refractivity contribution in [1.29, 1.82) is 0 Å². The number of carbonyl (C=O) groups is 1. The molecule has 1 saturated carbocycles. The Morgan fingerprint density at radius 2 is 2.57 bits per heavy atom. The molecule has 0 aromatic carbocycles. The summed E-state index contributed by atoms with van der Waals surface area (Å²) in [7, 11) is 0. The molecule has 1 fully saturated rings. The van der Waals surface area contributed by atoms with Gasteiger partial charge in [-0.05, 0) is 6.42 Å². The second kappa shape index (κ2) is 3.42. The molecule has 2 rings (SSSR count). The van der Waals surface area contributed by atoms with E-state index in [9.17, 15) is 4.79 Å². The van der Waals surface area contributed by atoms with E-state index >= 15 is 0 Å². The predicted octanol–water partition coefficient (Wildman–Crippen LogP) is -0.259. The van der Waals surface area contributed by atoms with Gasteiger partial charge in [-0.2, -0.15) is 0 Å². The minimum Gasteiger partial charge on any atom is -0.449 e. The molecule has 2 atom stereocenters. The van der Waals surface area contributed by atoms with Crippen LogP contribution in [0.15, 0.2) is 10.7 Å². The molecule has 0 aliphatic heterocycles. The summed E-state index contributed by atoms with van der Waals surface area (Å²) in [5, 5.41) is 2.82. The van der Waals surface area contributed by atoms with Crippen LogP contribution in [0.5, 0.6) is 0 Å². The summed E-state index contributed by atoms with van der Waals surface area (Å²) < 4.78 is 4.99. The third kappa shape index (κ3) is 2.11. The third-order valence-electron chi connectivity index (χ3n) is 2.19. The number of amides is 1. The molecule has 1 aromatic rings. The summed E-state index contributed by atoms with van der Waals surface area (Å²) in [6.07, 6.45) is 2.64. The highest BCUT2D eigenvalue weighted by Gasteiger charge is 2.34. The summed E-state index contributed by atoms with van der Waals surface area (Å²) in [5.41, 5.74) is 6.22. The summed E-state index contributed by atoms with van der Waals surface area (Å²) in [6.45, 7) is 1.75. The lowest BCUT2D eigenvalue weighted by atomic mass is 10.3. The Morgan fingerprint density at radius 1 is 1.86 bits per heavy atom. The second-order valence-electron chi connectivity index (χ2n) is 3.61. The quantitative estimate of drug-likeness (QED) is 0.696. The average Bonchev–Trinajstić information content (AvgIpc) is 2.59. The summed E-state index contributed by atoms with van der Waals surface area (Å²) in [5.74, 6) is 0.534. The van der Waals surface area contributed by atoms with Gasteiger partial charge in [0, 0.05) is 19.0 Å². The second-order valence-corrected chi connectivity index (χ2v) is 3.61. The highest BCUT2D eigenvalue weighted by atomic mass is 16.3. The lowest BCUT2D eigenvalue weighted by Crippen LogP contribution is -2.30. The van der Waals surface area contributed by atoms with E-state index in [1.165, 1.54) is 6.26 Å². The van der Waals surface area contributed by atoms with Crippen LogP contribution in [0.4, 0.5) is 0 Å². The van der Waals surface area contributed by atoms with E-state index in [4.69, 9.17) is 10.2 Å². The van der Waals surface area contributed by atoms with Crippen molar-refractivity contribution < 1.29 is 9.21 Å². The number of oxazole rings is 1. The van der Waals surface area contributed by atoms with E-state index in [0.717, 1.165) is 6.42 Å². The SMILES string of the molecule is Cc1nc(CC(=O)NC2CC2N)co1. The van der Waals surface area contributed by atoms with Crippen molar-refractivity contribution in [2.45, 2.75) is 31.8 Å². The Labute approximate surface area is 81.7 Å². The minimum atomic E-state index is -0.0451. The maximum Gasteiger partial charge on any atom is 0.226 e. The Hall–Kier alpha value is -1.36. The van der Waals surface area contributed by atoms with Crippen molar-refractivity contribution in [3.8, 4) is 0 Å². The first-order valence-electron chi connectivity index (χ1n) is 4.61. The number of aromatic nitrogens is 1. The number of hydrogen-bond donors (Lipinski definition) is 2. The van der Waals surface area contributed by atoms with Crippen molar-refractivity contribution >= 4 is 5.91 Å². The molecular weight excluding hydrogens is 182 g/mol. The van der Waals surface area contributed by atoms with Crippen molar-refractivity contribution in [2.24, 2.45) is 5.73 Å². The zero-order valence-corrected chi connectivity index (χ0v) is 7.99. The van der Waals surface area contributed by atoms with Crippen LogP contribution in [0.25, 0.3) is 0 Å². The molecule has 0 spiro atoms. The molecule has 1 aliphatic carbocycles. The molecular formula is C9H13N3O2. The van der Waals surface area contributed by atoms with Gasteiger partial charge in [-0.3, -0.25) is 4.79 Å². The van der Waals surface area contributed by atoms with Crippen molar-refractivity contribution in [2.75, 3.05) is 0 Å². The van der Waals surface area contributed by atoms with E-state index < -0.39 is 0 Å². The van der Waals surface area contributed by atoms with Gasteiger partial charge >= 0.3 is 0 Å². The fourth-order valence-corrected chi connectivity index (χ4v) is 1.29. The molecule has 0 bridgehead atoms. The number of nitrogens with zero attached hydrogens (tertiary/aromatic N) is 1. The maximum absolute atomic E-state index is 11.4. The van der Waals surface area contributed by atoms with Gasteiger partial charge in [-0.25, -0.2) is 4.98 Å². The van der Waals surface area contributed by atoms with Crippen LogP contribution in [-0.2, 0) is 11.2 Å². The van der Waals surface area contributed by atoms with Crippen LogP contribution in [0.1, 0.15) is 18.0 Å². The molecule has 3 N–H and O–H groups in total. The zero-order valence-electron chi connectivity index (χ0n) is 7.99. The van der Waals surface area contributed by atoms with E-state index in [1.54, 1.807) is 6.92 Å². The van der Waals surface area contributed by atoms with Crippen LogP contribution in [-0.4, -0.2) is 23.0 Å². The number of carbonyl (C=O) groups excluding carboxylic acids is 1. The molecule has 5 heteroatoms. The van der Waals surface area contributed by atoms with Gasteiger partial charge in [-0.15, -0.1) is 0 Å². The van der Waals surface area contributed by atoms with Crippen molar-refractivity contribution in [3.05, 3.63) is 17.8 Å². The fourth-order valence-electron chi connectivity index (χ4n) is 1.29. The van der Waals surface area contributed by atoms with Gasteiger partial charge in [0.05, 0.1) is 12.1 Å². The molecule has 5 nitrogen and oxygen atoms in total. The highest BCUT2D eigenvalue weighted by molar-refractivity contribution is 5.78. The number of nitrogens with one attached hydrogen (secondary N) is 1. The third-order valence-corrected chi connectivity index (χ3v) is 2.19. The smallest absolute Gasteiger partial charge is 0.226 e. The first-order chi connectivity index (χ1) is 6.65.